The van der Waals surface area contributed by atoms with Crippen LogP contribution in [-0.4, -0.2) is 16.5 Å². The van der Waals surface area contributed by atoms with Gasteiger partial charge in [0.05, 0.1) is 0 Å². The summed E-state index contributed by atoms with van der Waals surface area (Å²) in [7, 11) is 0. The van der Waals surface area contributed by atoms with Crippen molar-refractivity contribution >= 4 is 27.9 Å². The monoisotopic (exact) mass is 439 g/mol. The van der Waals surface area contributed by atoms with Crippen LogP contribution in [0.1, 0.15) is 49.6 Å². The second-order valence-corrected chi connectivity index (χ2v) is 8.57. The number of rotatable bonds is 4. The number of aromatic nitrogens is 1. The number of carbonyl (C=O) groups excluding carboxylic acids is 1. The fourth-order valence-electron chi connectivity index (χ4n) is 4.00. The van der Waals surface area contributed by atoms with Crippen LogP contribution in [-0.2, 0) is 4.79 Å². The lowest BCUT2D eigenvalue weighted by Crippen LogP contribution is -2.41. The maximum atomic E-state index is 12.7. The topological polar surface area (TPSA) is 57.8 Å². The molecule has 0 aliphatic heterocycles. The Labute approximate surface area is 175 Å². The number of aryl methyl sites for hydroxylation is 1. The quantitative estimate of drug-likeness (QED) is 0.507. The molecule has 1 aliphatic rings. The van der Waals surface area contributed by atoms with Crippen molar-refractivity contribution in [2.24, 2.45) is 5.92 Å². The molecule has 146 valence electrons. The number of nitriles is 1. The molecule has 0 saturated heterocycles. The molecule has 1 heterocycles. The number of nitrogens with one attached hydrogen (secondary N) is 1. The van der Waals surface area contributed by atoms with E-state index in [9.17, 15) is 10.1 Å². The summed E-state index contributed by atoms with van der Waals surface area (Å²) in [5.41, 5.74) is 4.17. The summed E-state index contributed by atoms with van der Waals surface area (Å²) < 4.78 is 3.16. The summed E-state index contributed by atoms with van der Waals surface area (Å²) in [6.07, 6.45) is 6.18. The fourth-order valence-corrected chi connectivity index (χ4v) is 4.27. The summed E-state index contributed by atoms with van der Waals surface area (Å²) in [5, 5.41) is 12.7. The number of carbonyl (C=O) groups is 1. The number of hydrogen-bond acceptors (Lipinski definition) is 2. The van der Waals surface area contributed by atoms with E-state index < -0.39 is 0 Å². The van der Waals surface area contributed by atoms with Crippen LogP contribution >= 0.6 is 15.9 Å². The molecule has 1 aromatic heterocycles. The van der Waals surface area contributed by atoms with E-state index in [1.165, 1.54) is 6.42 Å². The van der Waals surface area contributed by atoms with Gasteiger partial charge in [0.25, 0.3) is 5.91 Å². The average molecular weight is 440 g/mol. The van der Waals surface area contributed by atoms with E-state index in [2.05, 4.69) is 38.8 Å². The zero-order valence-corrected chi connectivity index (χ0v) is 18.2. The van der Waals surface area contributed by atoms with Crippen molar-refractivity contribution in [2.45, 2.75) is 52.5 Å². The molecule has 2 aromatic rings. The zero-order chi connectivity index (χ0) is 20.3. The highest BCUT2D eigenvalue weighted by atomic mass is 79.9. The molecule has 3 rings (SSSR count). The largest absolute Gasteiger partial charge is 0.348 e. The zero-order valence-electron chi connectivity index (χ0n) is 16.6. The molecule has 0 bridgehead atoms. The van der Waals surface area contributed by atoms with Crippen LogP contribution in [0.5, 0.6) is 0 Å². The van der Waals surface area contributed by atoms with Gasteiger partial charge in [-0.1, -0.05) is 35.7 Å². The Morgan fingerprint density at radius 1 is 1.25 bits per heavy atom. The molecule has 1 aliphatic carbocycles. The fraction of sp³-hybridized carbons (Fsp3) is 0.391. The number of benzene rings is 1. The molecule has 1 amide bonds. The van der Waals surface area contributed by atoms with E-state index in [1.54, 1.807) is 6.08 Å². The first-order valence-electron chi connectivity index (χ1n) is 9.78. The van der Waals surface area contributed by atoms with Gasteiger partial charge in [-0.2, -0.15) is 5.26 Å². The Kier molecular flexibility index (Phi) is 6.41. The average Bonchev–Trinajstić information content (AvgIpc) is 2.95. The number of halogens is 1. The van der Waals surface area contributed by atoms with Crippen molar-refractivity contribution < 1.29 is 4.79 Å². The van der Waals surface area contributed by atoms with Crippen LogP contribution in [0.15, 0.2) is 40.4 Å². The summed E-state index contributed by atoms with van der Waals surface area (Å²) in [6, 6.07) is 12.4. The Balaban J connectivity index is 1.86. The van der Waals surface area contributed by atoms with E-state index in [1.807, 2.05) is 44.2 Å². The minimum absolute atomic E-state index is 0.160. The lowest BCUT2D eigenvalue weighted by Gasteiger charge is -2.29. The van der Waals surface area contributed by atoms with Gasteiger partial charge in [-0.05, 0) is 74.6 Å². The normalized spacial score (nSPS) is 19.9. The standard InChI is InChI=1S/C23H26BrN3O/c1-15-6-4-5-7-22(15)26-23(28)19(14-25)13-18-12-16(2)27(17(18)3)21-10-8-20(24)9-11-21/h8-13,15,22H,4-7H2,1-3H3,(H,26,28)/b19-13+/t15-,22-/m1/s1. The maximum Gasteiger partial charge on any atom is 0.262 e. The minimum atomic E-state index is -0.269. The molecule has 0 spiro atoms. The van der Waals surface area contributed by atoms with Crippen LogP contribution < -0.4 is 5.32 Å². The highest BCUT2D eigenvalue weighted by molar-refractivity contribution is 9.10. The molecular weight excluding hydrogens is 414 g/mol. The van der Waals surface area contributed by atoms with Gasteiger partial charge < -0.3 is 9.88 Å². The summed E-state index contributed by atoms with van der Waals surface area (Å²) in [4.78, 5) is 12.7. The van der Waals surface area contributed by atoms with Gasteiger partial charge in [0, 0.05) is 27.6 Å². The first-order chi connectivity index (χ1) is 13.4. The molecule has 2 atom stereocenters. The lowest BCUT2D eigenvalue weighted by atomic mass is 9.86. The number of hydrogen-bond donors (Lipinski definition) is 1. The molecule has 0 radical (unpaired) electrons. The third-order valence-corrected chi connectivity index (χ3v) is 6.18. The van der Waals surface area contributed by atoms with Gasteiger partial charge in [0.1, 0.15) is 11.6 Å². The molecule has 1 aromatic carbocycles. The SMILES string of the molecule is Cc1cc(/C=C(\C#N)C(=O)N[C@@H]2CCCC[C@H]2C)c(C)n1-c1ccc(Br)cc1. The minimum Gasteiger partial charge on any atom is -0.348 e. The van der Waals surface area contributed by atoms with E-state index in [4.69, 9.17) is 0 Å². The predicted octanol–water partition coefficient (Wildman–Crippen LogP) is 5.46. The second kappa shape index (κ2) is 8.79. The van der Waals surface area contributed by atoms with Crippen molar-refractivity contribution in [3.05, 3.63) is 57.3 Å². The van der Waals surface area contributed by atoms with E-state index in [-0.39, 0.29) is 17.5 Å². The van der Waals surface area contributed by atoms with Crippen molar-refractivity contribution in [1.29, 1.82) is 5.26 Å². The van der Waals surface area contributed by atoms with Gasteiger partial charge in [0.2, 0.25) is 0 Å². The summed E-state index contributed by atoms with van der Waals surface area (Å²) in [5.74, 6) is 0.190. The summed E-state index contributed by atoms with van der Waals surface area (Å²) in [6.45, 7) is 6.21. The highest BCUT2D eigenvalue weighted by Crippen LogP contribution is 2.26. The maximum absolute atomic E-state index is 12.7. The van der Waals surface area contributed by atoms with Crippen LogP contribution in [0.2, 0.25) is 0 Å². The van der Waals surface area contributed by atoms with Crippen LogP contribution in [0.4, 0.5) is 0 Å². The van der Waals surface area contributed by atoms with E-state index in [0.717, 1.165) is 46.4 Å². The Hall–Kier alpha value is -2.32. The smallest absolute Gasteiger partial charge is 0.262 e. The third kappa shape index (κ3) is 4.39. The van der Waals surface area contributed by atoms with Crippen molar-refractivity contribution in [1.82, 2.24) is 9.88 Å². The molecule has 1 N–H and O–H groups in total. The lowest BCUT2D eigenvalue weighted by molar-refractivity contribution is -0.118. The Morgan fingerprint density at radius 3 is 2.57 bits per heavy atom. The first kappa shape index (κ1) is 20.4. The van der Waals surface area contributed by atoms with Gasteiger partial charge in [-0.15, -0.1) is 0 Å². The molecule has 5 heteroatoms. The third-order valence-electron chi connectivity index (χ3n) is 5.65. The molecule has 28 heavy (non-hydrogen) atoms. The molecule has 1 fully saturated rings. The number of nitrogens with zero attached hydrogens (tertiary/aromatic N) is 2. The van der Waals surface area contributed by atoms with Gasteiger partial charge in [-0.3, -0.25) is 4.79 Å². The van der Waals surface area contributed by atoms with E-state index >= 15 is 0 Å². The van der Waals surface area contributed by atoms with Crippen LogP contribution in [0.3, 0.4) is 0 Å². The Bertz CT molecular complexity index is 934. The first-order valence-corrected chi connectivity index (χ1v) is 10.6. The van der Waals surface area contributed by atoms with E-state index in [0.29, 0.717) is 5.92 Å². The van der Waals surface area contributed by atoms with Crippen molar-refractivity contribution in [2.75, 3.05) is 0 Å². The molecular formula is C23H26BrN3O. The predicted molar refractivity (Wildman–Crippen MR) is 116 cm³/mol. The number of amides is 1. The van der Waals surface area contributed by atoms with Gasteiger partial charge >= 0.3 is 0 Å². The summed E-state index contributed by atoms with van der Waals surface area (Å²) >= 11 is 3.46. The molecule has 4 nitrogen and oxygen atoms in total. The van der Waals surface area contributed by atoms with Gasteiger partial charge in [-0.25, -0.2) is 0 Å². The van der Waals surface area contributed by atoms with Crippen molar-refractivity contribution in [3.8, 4) is 11.8 Å². The van der Waals surface area contributed by atoms with Crippen LogP contribution in [0, 0.1) is 31.1 Å². The molecule has 1 saturated carbocycles. The second-order valence-electron chi connectivity index (χ2n) is 7.65. The molecule has 0 unspecified atom stereocenters. The van der Waals surface area contributed by atoms with Crippen LogP contribution in [0.25, 0.3) is 11.8 Å². The van der Waals surface area contributed by atoms with Crippen molar-refractivity contribution in [3.63, 3.8) is 0 Å². The van der Waals surface area contributed by atoms with Gasteiger partial charge in [0.15, 0.2) is 0 Å². The Morgan fingerprint density at radius 2 is 1.93 bits per heavy atom. The highest BCUT2D eigenvalue weighted by Gasteiger charge is 2.24.